The maximum absolute atomic E-state index is 5.70. The van der Waals surface area contributed by atoms with E-state index in [2.05, 4.69) is 28.8 Å². The smallest absolute Gasteiger partial charge is 0.188 e. The number of nitrogens with zero attached hydrogens (tertiary/aromatic N) is 2. The fourth-order valence-corrected chi connectivity index (χ4v) is 2.15. The third-order valence-electron chi connectivity index (χ3n) is 2.24. The molecule has 0 bridgehead atoms. The summed E-state index contributed by atoms with van der Waals surface area (Å²) in [5.41, 5.74) is 7.82. The number of aryl methyl sites for hydroxylation is 2. The SMILES string of the molecule is C=C(C)CN=C(N)NCCc1nc(C)c(C)s1. The first-order valence-electron chi connectivity index (χ1n) is 5.60. The lowest BCUT2D eigenvalue weighted by molar-refractivity contribution is 0.843. The molecule has 0 aliphatic heterocycles. The molecule has 0 amide bonds. The molecule has 1 rings (SSSR count). The van der Waals surface area contributed by atoms with Crippen LogP contribution >= 0.6 is 11.3 Å². The quantitative estimate of drug-likeness (QED) is 0.477. The molecule has 0 aliphatic carbocycles. The summed E-state index contributed by atoms with van der Waals surface area (Å²) in [7, 11) is 0. The van der Waals surface area contributed by atoms with Gasteiger partial charge >= 0.3 is 0 Å². The average Bonchev–Trinajstić information content (AvgIpc) is 2.55. The minimum absolute atomic E-state index is 0.470. The van der Waals surface area contributed by atoms with Gasteiger partial charge in [-0.15, -0.1) is 11.3 Å². The van der Waals surface area contributed by atoms with Gasteiger partial charge in [0.05, 0.1) is 17.2 Å². The lowest BCUT2D eigenvalue weighted by Crippen LogP contribution is -2.33. The standard InChI is InChI=1S/C12H20N4S/c1-8(2)7-15-12(13)14-6-5-11-16-9(3)10(4)17-11/h1,5-7H2,2-4H3,(H3,13,14,15). The van der Waals surface area contributed by atoms with Crippen LogP contribution < -0.4 is 11.1 Å². The number of thiazole rings is 1. The van der Waals surface area contributed by atoms with Gasteiger partial charge in [0, 0.05) is 17.8 Å². The Hall–Kier alpha value is -1.36. The monoisotopic (exact) mass is 252 g/mol. The zero-order chi connectivity index (χ0) is 12.8. The highest BCUT2D eigenvalue weighted by atomic mass is 32.1. The van der Waals surface area contributed by atoms with Crippen LogP contribution in [0.5, 0.6) is 0 Å². The molecule has 0 fully saturated rings. The molecule has 5 heteroatoms. The van der Waals surface area contributed by atoms with Gasteiger partial charge in [-0.3, -0.25) is 0 Å². The van der Waals surface area contributed by atoms with Crippen LogP contribution in [-0.2, 0) is 6.42 Å². The Bertz CT molecular complexity index is 401. The summed E-state index contributed by atoms with van der Waals surface area (Å²) in [6.07, 6.45) is 0.878. The van der Waals surface area contributed by atoms with Crippen LogP contribution in [0.3, 0.4) is 0 Å². The van der Waals surface area contributed by atoms with E-state index in [1.807, 2.05) is 13.8 Å². The number of guanidine groups is 1. The predicted molar refractivity (Wildman–Crippen MR) is 74.6 cm³/mol. The van der Waals surface area contributed by atoms with Crippen molar-refractivity contribution < 1.29 is 0 Å². The summed E-state index contributed by atoms with van der Waals surface area (Å²) in [4.78, 5) is 9.89. The van der Waals surface area contributed by atoms with Gasteiger partial charge in [0.2, 0.25) is 0 Å². The number of hydrogen-bond acceptors (Lipinski definition) is 3. The Balaban J connectivity index is 2.32. The van der Waals surface area contributed by atoms with Crippen molar-refractivity contribution in [3.63, 3.8) is 0 Å². The minimum atomic E-state index is 0.470. The van der Waals surface area contributed by atoms with Crippen molar-refractivity contribution in [1.82, 2.24) is 10.3 Å². The Labute approximate surface area is 107 Å². The van der Waals surface area contributed by atoms with Crippen LogP contribution in [0.15, 0.2) is 17.1 Å². The molecule has 1 aromatic heterocycles. The zero-order valence-corrected chi connectivity index (χ0v) is 11.5. The van der Waals surface area contributed by atoms with Gasteiger partial charge in [-0.2, -0.15) is 0 Å². The van der Waals surface area contributed by atoms with Crippen LogP contribution in [0.1, 0.15) is 22.5 Å². The maximum Gasteiger partial charge on any atom is 0.188 e. The predicted octanol–water partition coefficient (Wildman–Crippen LogP) is 1.78. The molecule has 94 valence electrons. The molecule has 0 saturated carbocycles. The van der Waals surface area contributed by atoms with Crippen molar-refractivity contribution in [2.45, 2.75) is 27.2 Å². The molecule has 0 saturated heterocycles. The van der Waals surface area contributed by atoms with Crippen molar-refractivity contribution in [3.05, 3.63) is 27.7 Å². The van der Waals surface area contributed by atoms with Gasteiger partial charge in [0.15, 0.2) is 5.96 Å². The second-order valence-electron chi connectivity index (χ2n) is 4.08. The van der Waals surface area contributed by atoms with Gasteiger partial charge in [0.25, 0.3) is 0 Å². The fraction of sp³-hybridized carbons (Fsp3) is 0.500. The second-order valence-corrected chi connectivity index (χ2v) is 5.37. The van der Waals surface area contributed by atoms with E-state index in [0.717, 1.165) is 29.2 Å². The molecule has 0 radical (unpaired) electrons. The number of nitrogens with one attached hydrogen (secondary N) is 1. The first-order chi connectivity index (χ1) is 7.99. The minimum Gasteiger partial charge on any atom is -0.370 e. The van der Waals surface area contributed by atoms with Crippen molar-refractivity contribution in [1.29, 1.82) is 0 Å². The van der Waals surface area contributed by atoms with E-state index in [4.69, 9.17) is 5.73 Å². The molecule has 0 spiro atoms. The van der Waals surface area contributed by atoms with E-state index in [0.29, 0.717) is 12.5 Å². The van der Waals surface area contributed by atoms with E-state index in [-0.39, 0.29) is 0 Å². The van der Waals surface area contributed by atoms with Gasteiger partial charge < -0.3 is 11.1 Å². The molecule has 0 atom stereocenters. The lowest BCUT2D eigenvalue weighted by Gasteiger charge is -2.03. The molecule has 0 aromatic carbocycles. The summed E-state index contributed by atoms with van der Waals surface area (Å²) in [6, 6.07) is 0. The normalized spacial score (nSPS) is 11.6. The van der Waals surface area contributed by atoms with Crippen LogP contribution in [0.25, 0.3) is 0 Å². The molecule has 1 aromatic rings. The van der Waals surface area contributed by atoms with Crippen molar-refractivity contribution in [3.8, 4) is 0 Å². The Kier molecular flexibility index (Phi) is 5.15. The van der Waals surface area contributed by atoms with Crippen LogP contribution in [0.2, 0.25) is 0 Å². The second kappa shape index (κ2) is 6.39. The zero-order valence-electron chi connectivity index (χ0n) is 10.7. The van der Waals surface area contributed by atoms with E-state index < -0.39 is 0 Å². The third-order valence-corrected chi connectivity index (χ3v) is 3.37. The molecular weight excluding hydrogens is 232 g/mol. The maximum atomic E-state index is 5.70. The van der Waals surface area contributed by atoms with E-state index in [1.54, 1.807) is 11.3 Å². The number of nitrogens with two attached hydrogens (primary N) is 1. The van der Waals surface area contributed by atoms with Crippen molar-refractivity contribution in [2.24, 2.45) is 10.7 Å². The fourth-order valence-electron chi connectivity index (χ4n) is 1.22. The van der Waals surface area contributed by atoms with Crippen molar-refractivity contribution >= 4 is 17.3 Å². The Morgan fingerprint density at radius 1 is 1.53 bits per heavy atom. The first-order valence-corrected chi connectivity index (χ1v) is 6.41. The third kappa shape index (κ3) is 4.99. The summed E-state index contributed by atoms with van der Waals surface area (Å²) < 4.78 is 0. The number of aromatic nitrogens is 1. The summed E-state index contributed by atoms with van der Waals surface area (Å²) in [5.74, 6) is 0.470. The van der Waals surface area contributed by atoms with Crippen LogP contribution in [-0.4, -0.2) is 24.0 Å². The number of rotatable bonds is 5. The van der Waals surface area contributed by atoms with Crippen LogP contribution in [0, 0.1) is 13.8 Å². The summed E-state index contributed by atoms with van der Waals surface area (Å²) >= 11 is 1.74. The molecule has 3 N–H and O–H groups in total. The molecule has 1 heterocycles. The molecular formula is C12H20N4S. The Morgan fingerprint density at radius 2 is 2.24 bits per heavy atom. The van der Waals surface area contributed by atoms with E-state index >= 15 is 0 Å². The molecule has 0 aliphatic rings. The average molecular weight is 252 g/mol. The van der Waals surface area contributed by atoms with Gasteiger partial charge in [0.1, 0.15) is 0 Å². The molecule has 0 unspecified atom stereocenters. The highest BCUT2D eigenvalue weighted by molar-refractivity contribution is 7.11. The van der Waals surface area contributed by atoms with Gasteiger partial charge in [-0.25, -0.2) is 9.98 Å². The topological polar surface area (TPSA) is 63.3 Å². The molecule has 17 heavy (non-hydrogen) atoms. The highest BCUT2D eigenvalue weighted by Gasteiger charge is 2.02. The van der Waals surface area contributed by atoms with Crippen molar-refractivity contribution in [2.75, 3.05) is 13.1 Å². The van der Waals surface area contributed by atoms with Crippen LogP contribution in [0.4, 0.5) is 0 Å². The highest BCUT2D eigenvalue weighted by Crippen LogP contribution is 2.16. The lowest BCUT2D eigenvalue weighted by atomic mass is 10.4. The number of hydrogen-bond donors (Lipinski definition) is 2. The first kappa shape index (κ1) is 13.7. The van der Waals surface area contributed by atoms with E-state index in [9.17, 15) is 0 Å². The molecule has 4 nitrogen and oxygen atoms in total. The summed E-state index contributed by atoms with van der Waals surface area (Å²) in [5, 5.41) is 4.21. The number of aliphatic imine (C=N–C) groups is 1. The van der Waals surface area contributed by atoms with Gasteiger partial charge in [-0.1, -0.05) is 12.2 Å². The Morgan fingerprint density at radius 3 is 2.76 bits per heavy atom. The van der Waals surface area contributed by atoms with Gasteiger partial charge in [-0.05, 0) is 20.8 Å². The largest absolute Gasteiger partial charge is 0.370 e. The summed E-state index contributed by atoms with van der Waals surface area (Å²) in [6.45, 7) is 11.2. The van der Waals surface area contributed by atoms with E-state index in [1.165, 1.54) is 4.88 Å².